The van der Waals surface area contributed by atoms with Crippen LogP contribution in [-0.4, -0.2) is 5.91 Å². The van der Waals surface area contributed by atoms with Crippen molar-refractivity contribution < 1.29 is 9.21 Å². The molecule has 0 saturated heterocycles. The first kappa shape index (κ1) is 18.0. The number of rotatable bonds is 3. The number of halogens is 1. The van der Waals surface area contributed by atoms with Crippen LogP contribution in [0.1, 0.15) is 52.5 Å². The number of carbonyl (C=O) groups is 1. The molecule has 1 amide bonds. The first-order chi connectivity index (χ1) is 13.6. The van der Waals surface area contributed by atoms with Crippen molar-refractivity contribution >= 4 is 38.2 Å². The molecule has 1 aromatic carbocycles. The number of carbonyl (C=O) groups excluding carboxylic acids is 1. The van der Waals surface area contributed by atoms with E-state index in [1.54, 1.807) is 11.3 Å². The van der Waals surface area contributed by atoms with Gasteiger partial charge in [-0.2, -0.15) is 0 Å². The molecule has 28 heavy (non-hydrogen) atoms. The molecule has 0 fully saturated rings. The van der Waals surface area contributed by atoms with E-state index in [0.29, 0.717) is 0 Å². The second kappa shape index (κ2) is 7.08. The van der Waals surface area contributed by atoms with Gasteiger partial charge in [0, 0.05) is 14.9 Å². The maximum atomic E-state index is 12.9. The summed E-state index contributed by atoms with van der Waals surface area (Å²) in [5, 5.41) is 7.56. The zero-order valence-corrected chi connectivity index (χ0v) is 18.0. The molecule has 0 saturated carbocycles. The Morgan fingerprint density at radius 1 is 1.18 bits per heavy atom. The van der Waals surface area contributed by atoms with Crippen LogP contribution in [0.3, 0.4) is 0 Å². The third kappa shape index (κ3) is 3.08. The maximum Gasteiger partial charge on any atom is 0.256 e. The van der Waals surface area contributed by atoms with Gasteiger partial charge in [0.15, 0.2) is 6.17 Å². The van der Waals surface area contributed by atoms with E-state index in [9.17, 15) is 4.79 Å². The fourth-order valence-electron chi connectivity index (χ4n) is 4.13. The zero-order chi connectivity index (χ0) is 19.3. The molecular weight excluding hydrogens is 436 g/mol. The normalized spacial score (nSPS) is 20.9. The van der Waals surface area contributed by atoms with Crippen LogP contribution in [-0.2, 0) is 12.8 Å². The van der Waals surface area contributed by atoms with E-state index in [4.69, 9.17) is 4.42 Å². The molecule has 1 aliphatic carbocycles. The lowest BCUT2D eigenvalue weighted by Gasteiger charge is -2.25. The highest BCUT2D eigenvalue weighted by Gasteiger charge is 2.34. The standard InChI is InChI=1S/C22H21BrN2O2S/c1-2-12-3-8-15-18(11-12)28-22-19(15)21(26)24-20(25-22)17-10-9-16(27-17)13-4-6-14(23)7-5-13/h4-7,9-10,12,20,25H,2-3,8,11H2,1H3,(H,24,26)/t12-,20+/m1/s1. The van der Waals surface area contributed by atoms with Gasteiger partial charge < -0.3 is 15.1 Å². The molecule has 0 unspecified atom stereocenters. The minimum atomic E-state index is -0.341. The van der Waals surface area contributed by atoms with Crippen LogP contribution in [0.25, 0.3) is 11.3 Å². The van der Waals surface area contributed by atoms with Crippen molar-refractivity contribution in [1.29, 1.82) is 0 Å². The van der Waals surface area contributed by atoms with Crippen molar-refractivity contribution in [3.63, 3.8) is 0 Å². The Bertz CT molecular complexity index is 1040. The van der Waals surface area contributed by atoms with Gasteiger partial charge in [0.2, 0.25) is 0 Å². The molecule has 5 rings (SSSR count). The molecule has 1 aliphatic heterocycles. The lowest BCUT2D eigenvalue weighted by molar-refractivity contribution is 0.0930. The highest BCUT2D eigenvalue weighted by Crippen LogP contribution is 2.43. The summed E-state index contributed by atoms with van der Waals surface area (Å²) in [6.45, 7) is 2.25. The molecule has 3 aromatic rings. The van der Waals surface area contributed by atoms with Crippen molar-refractivity contribution in [3.05, 3.63) is 62.6 Å². The third-order valence-corrected chi connectivity index (χ3v) is 7.48. The quantitative estimate of drug-likeness (QED) is 0.497. The minimum Gasteiger partial charge on any atom is -0.457 e. The second-order valence-electron chi connectivity index (χ2n) is 7.48. The molecule has 2 N–H and O–H groups in total. The number of benzene rings is 1. The van der Waals surface area contributed by atoms with Crippen molar-refractivity contribution in [3.8, 4) is 11.3 Å². The fourth-order valence-corrected chi connectivity index (χ4v) is 5.79. The van der Waals surface area contributed by atoms with E-state index in [0.717, 1.165) is 50.9 Å². The van der Waals surface area contributed by atoms with E-state index in [1.165, 1.54) is 23.3 Å². The maximum absolute atomic E-state index is 12.9. The number of anilines is 1. The van der Waals surface area contributed by atoms with Crippen LogP contribution in [0.2, 0.25) is 0 Å². The first-order valence-corrected chi connectivity index (χ1v) is 11.3. The average Bonchev–Trinajstić information content (AvgIpc) is 3.32. The summed E-state index contributed by atoms with van der Waals surface area (Å²) in [4.78, 5) is 14.3. The number of hydrogen-bond donors (Lipinski definition) is 2. The van der Waals surface area contributed by atoms with E-state index >= 15 is 0 Å². The highest BCUT2D eigenvalue weighted by molar-refractivity contribution is 9.10. The zero-order valence-electron chi connectivity index (χ0n) is 15.5. The summed E-state index contributed by atoms with van der Waals surface area (Å²) in [5.41, 5.74) is 3.11. The molecule has 2 aromatic heterocycles. The summed E-state index contributed by atoms with van der Waals surface area (Å²) in [6.07, 6.45) is 4.14. The molecule has 144 valence electrons. The number of thiophene rings is 1. The molecule has 2 atom stereocenters. The van der Waals surface area contributed by atoms with Crippen LogP contribution in [0, 0.1) is 5.92 Å². The molecule has 0 radical (unpaired) electrons. The Labute approximate surface area is 176 Å². The van der Waals surface area contributed by atoms with Gasteiger partial charge in [-0.15, -0.1) is 11.3 Å². The molecule has 6 heteroatoms. The van der Waals surface area contributed by atoms with E-state index < -0.39 is 0 Å². The Hall–Kier alpha value is -2.05. The SMILES string of the molecule is CC[C@@H]1CCc2c(sc3c2C(=O)N[C@H](c2ccc(-c4ccc(Br)cc4)o2)N3)C1. The van der Waals surface area contributed by atoms with Gasteiger partial charge in [0.25, 0.3) is 5.91 Å². The van der Waals surface area contributed by atoms with E-state index in [-0.39, 0.29) is 12.1 Å². The largest absolute Gasteiger partial charge is 0.457 e. The highest BCUT2D eigenvalue weighted by atomic mass is 79.9. The van der Waals surface area contributed by atoms with E-state index in [1.807, 2.05) is 36.4 Å². The Kier molecular flexibility index (Phi) is 4.56. The number of nitrogens with one attached hydrogen (secondary N) is 2. The van der Waals surface area contributed by atoms with Crippen molar-refractivity contribution in [2.24, 2.45) is 5.92 Å². The Morgan fingerprint density at radius 3 is 2.79 bits per heavy atom. The number of amides is 1. The first-order valence-electron chi connectivity index (χ1n) is 9.70. The summed E-state index contributed by atoms with van der Waals surface area (Å²) < 4.78 is 7.09. The van der Waals surface area contributed by atoms with Crippen LogP contribution in [0.5, 0.6) is 0 Å². The van der Waals surface area contributed by atoms with E-state index in [2.05, 4.69) is 33.5 Å². The molecular formula is C22H21BrN2O2S. The average molecular weight is 457 g/mol. The van der Waals surface area contributed by atoms with Gasteiger partial charge in [0.05, 0.1) is 5.56 Å². The van der Waals surface area contributed by atoms with Gasteiger partial charge in [-0.3, -0.25) is 4.79 Å². The van der Waals surface area contributed by atoms with Crippen molar-refractivity contribution in [1.82, 2.24) is 5.32 Å². The molecule has 2 aliphatic rings. The van der Waals surface area contributed by atoms with Crippen molar-refractivity contribution in [2.75, 3.05) is 5.32 Å². The topological polar surface area (TPSA) is 54.3 Å². The van der Waals surface area contributed by atoms with Gasteiger partial charge in [0.1, 0.15) is 16.5 Å². The van der Waals surface area contributed by atoms with Crippen molar-refractivity contribution in [2.45, 2.75) is 38.8 Å². The number of fused-ring (bicyclic) bond motifs is 3. The summed E-state index contributed by atoms with van der Waals surface area (Å²) in [6, 6.07) is 11.9. The van der Waals surface area contributed by atoms with Crippen LogP contribution in [0.15, 0.2) is 45.3 Å². The Morgan fingerprint density at radius 2 is 2.00 bits per heavy atom. The van der Waals surface area contributed by atoms with Crippen LogP contribution >= 0.6 is 27.3 Å². The summed E-state index contributed by atoms with van der Waals surface area (Å²) in [5.74, 6) is 2.26. The van der Waals surface area contributed by atoms with Gasteiger partial charge >= 0.3 is 0 Å². The third-order valence-electron chi connectivity index (χ3n) is 5.76. The lowest BCUT2D eigenvalue weighted by Crippen LogP contribution is -2.38. The van der Waals surface area contributed by atoms with Gasteiger partial charge in [-0.05, 0) is 55.0 Å². The minimum absolute atomic E-state index is 0.00721. The van der Waals surface area contributed by atoms with Gasteiger partial charge in [-0.1, -0.05) is 41.4 Å². The smallest absolute Gasteiger partial charge is 0.256 e. The molecule has 4 nitrogen and oxygen atoms in total. The second-order valence-corrected chi connectivity index (χ2v) is 9.51. The van der Waals surface area contributed by atoms with Gasteiger partial charge in [-0.25, -0.2) is 0 Å². The monoisotopic (exact) mass is 456 g/mol. The molecule has 3 heterocycles. The Balaban J connectivity index is 1.42. The number of furan rings is 1. The predicted octanol–water partition coefficient (Wildman–Crippen LogP) is 6.14. The molecule has 0 bridgehead atoms. The summed E-state index contributed by atoms with van der Waals surface area (Å²) in [7, 11) is 0. The fraction of sp³-hybridized carbons (Fsp3) is 0.318. The molecule has 0 spiro atoms. The van der Waals surface area contributed by atoms with Crippen LogP contribution < -0.4 is 10.6 Å². The predicted molar refractivity (Wildman–Crippen MR) is 116 cm³/mol. The number of hydrogen-bond acceptors (Lipinski definition) is 4. The summed E-state index contributed by atoms with van der Waals surface area (Å²) >= 11 is 5.20. The lowest BCUT2D eigenvalue weighted by atomic mass is 9.85. The van der Waals surface area contributed by atoms with Crippen LogP contribution in [0.4, 0.5) is 5.00 Å².